The number of nitrogens with one attached hydrogen (secondary N) is 2. The first kappa shape index (κ1) is 33.3. The lowest BCUT2D eigenvalue weighted by Crippen LogP contribution is -2.43. The molecule has 7 nitrogen and oxygen atoms in total. The molecule has 14 heteroatoms. The second-order valence-electron chi connectivity index (χ2n) is 9.93. The topological polar surface area (TPSA) is 93.7 Å². The van der Waals surface area contributed by atoms with Crippen LogP contribution in [-0.4, -0.2) is 33.6 Å². The van der Waals surface area contributed by atoms with Gasteiger partial charge in [-0.05, 0) is 71.6 Å². The molecule has 0 aliphatic rings. The molecule has 0 radical (unpaired) electrons. The fraction of sp³-hybridized carbons (Fsp3) is 0.194. The molecule has 2 N–H and O–H groups in total. The summed E-state index contributed by atoms with van der Waals surface area (Å²) in [7, 11) is -4.31. The van der Waals surface area contributed by atoms with E-state index in [0.717, 1.165) is 24.3 Å². The summed E-state index contributed by atoms with van der Waals surface area (Å²) in [6.07, 6.45) is -10.2. The van der Waals surface area contributed by atoms with Crippen molar-refractivity contribution in [3.63, 3.8) is 0 Å². The van der Waals surface area contributed by atoms with Gasteiger partial charge in [-0.3, -0.25) is 4.79 Å². The number of halogens is 6. The Kier molecular flexibility index (Phi) is 9.78. The zero-order valence-electron chi connectivity index (χ0n) is 23.4. The summed E-state index contributed by atoms with van der Waals surface area (Å²) in [5.41, 5.74) is -0.439. The van der Waals surface area contributed by atoms with E-state index in [4.69, 9.17) is 0 Å². The highest BCUT2D eigenvalue weighted by Gasteiger charge is 2.39. The molecule has 0 saturated heterocycles. The van der Waals surface area contributed by atoms with Crippen molar-refractivity contribution >= 4 is 21.6 Å². The molecule has 45 heavy (non-hydrogen) atoms. The highest BCUT2D eigenvalue weighted by atomic mass is 32.2. The van der Waals surface area contributed by atoms with Gasteiger partial charge in [0.15, 0.2) is 0 Å². The van der Waals surface area contributed by atoms with Crippen molar-refractivity contribution in [2.45, 2.75) is 36.4 Å². The zero-order valence-corrected chi connectivity index (χ0v) is 24.3. The second-order valence-corrected chi connectivity index (χ2v) is 11.7. The van der Waals surface area contributed by atoms with Crippen molar-refractivity contribution in [1.82, 2.24) is 4.72 Å². The molecular weight excluding hydrogens is 626 g/mol. The van der Waals surface area contributed by atoms with E-state index >= 15 is 0 Å². The molecule has 0 heterocycles. The van der Waals surface area contributed by atoms with Crippen LogP contribution >= 0.6 is 0 Å². The number of ether oxygens (including phenoxy) is 2. The van der Waals surface area contributed by atoms with Crippen molar-refractivity contribution in [3.05, 3.63) is 120 Å². The maximum atomic E-state index is 13.5. The number of carbonyl (C=O) groups excluding carboxylic acids is 1. The Labute approximate surface area is 254 Å². The van der Waals surface area contributed by atoms with Crippen LogP contribution in [0.15, 0.2) is 108 Å². The van der Waals surface area contributed by atoms with Gasteiger partial charge in [0.05, 0.1) is 4.90 Å². The van der Waals surface area contributed by atoms with Gasteiger partial charge in [0.2, 0.25) is 15.9 Å². The first-order valence-electron chi connectivity index (χ1n) is 13.2. The molecule has 0 aromatic heterocycles. The predicted molar refractivity (Wildman–Crippen MR) is 153 cm³/mol. The standard InChI is InChI=1S/C31H26F6N2O5S/c1-21(40)39-25-13-15-28(16-14-25)45(41,42)38-20-29(19-22-7-3-2-4-8-22,23-9-5-11-26(17-23)43-30(32,33)34)24-10-6-12-27(18-24)44-31(35,36)37/h2-18,38H,19-20H2,1H3,(H,39,40). The van der Waals surface area contributed by atoms with Gasteiger partial charge in [0, 0.05) is 24.6 Å². The molecule has 4 aromatic rings. The van der Waals surface area contributed by atoms with E-state index in [1.165, 1.54) is 55.5 Å². The highest BCUT2D eigenvalue weighted by molar-refractivity contribution is 7.89. The minimum atomic E-state index is -5.05. The third kappa shape index (κ3) is 9.22. The molecule has 0 atom stereocenters. The largest absolute Gasteiger partial charge is 0.573 e. The molecule has 0 saturated carbocycles. The van der Waals surface area contributed by atoms with E-state index in [0.29, 0.717) is 11.3 Å². The Morgan fingerprint density at radius 2 is 1.22 bits per heavy atom. The summed E-state index contributed by atoms with van der Waals surface area (Å²) in [5, 5.41) is 2.51. The minimum absolute atomic E-state index is 0.0667. The number of amides is 1. The van der Waals surface area contributed by atoms with E-state index in [2.05, 4.69) is 19.5 Å². The number of anilines is 1. The van der Waals surface area contributed by atoms with Crippen LogP contribution in [0.5, 0.6) is 11.5 Å². The van der Waals surface area contributed by atoms with Crippen molar-refractivity contribution in [2.24, 2.45) is 0 Å². The summed E-state index contributed by atoms with van der Waals surface area (Å²) >= 11 is 0. The Hall–Kier alpha value is -4.56. The van der Waals surface area contributed by atoms with Crippen molar-refractivity contribution in [2.75, 3.05) is 11.9 Å². The Bertz CT molecular complexity index is 1670. The van der Waals surface area contributed by atoms with Crippen LogP contribution in [0.25, 0.3) is 0 Å². The molecule has 0 aliphatic carbocycles. The summed E-state index contributed by atoms with van der Waals surface area (Å²) in [6, 6.07) is 23.3. The molecular formula is C31H26F6N2O5S. The van der Waals surface area contributed by atoms with Crippen LogP contribution in [0.1, 0.15) is 23.6 Å². The molecule has 0 aliphatic heterocycles. The molecule has 238 valence electrons. The van der Waals surface area contributed by atoms with E-state index < -0.39 is 46.2 Å². The van der Waals surface area contributed by atoms with Crippen LogP contribution in [0.3, 0.4) is 0 Å². The fourth-order valence-electron chi connectivity index (χ4n) is 4.79. The molecule has 1 amide bonds. The molecule has 4 aromatic carbocycles. The lowest BCUT2D eigenvalue weighted by Gasteiger charge is -2.36. The van der Waals surface area contributed by atoms with Crippen LogP contribution in [0.4, 0.5) is 32.0 Å². The van der Waals surface area contributed by atoms with Crippen molar-refractivity contribution in [1.29, 1.82) is 0 Å². The average molecular weight is 653 g/mol. The van der Waals surface area contributed by atoms with E-state index in [9.17, 15) is 39.6 Å². The maximum absolute atomic E-state index is 13.5. The number of carbonyl (C=O) groups is 1. The second kappa shape index (κ2) is 13.2. The first-order valence-corrected chi connectivity index (χ1v) is 14.7. The summed E-state index contributed by atoms with van der Waals surface area (Å²) in [5.74, 6) is -1.60. The monoisotopic (exact) mass is 652 g/mol. The molecule has 0 bridgehead atoms. The number of alkyl halides is 6. The normalized spacial score (nSPS) is 12.4. The lowest BCUT2D eigenvalue weighted by molar-refractivity contribution is -0.275. The predicted octanol–water partition coefficient (Wildman–Crippen LogP) is 6.95. The summed E-state index contributed by atoms with van der Waals surface area (Å²) in [4.78, 5) is 11.1. The van der Waals surface area contributed by atoms with Gasteiger partial charge in [-0.25, -0.2) is 13.1 Å². The van der Waals surface area contributed by atoms with E-state index in [1.54, 1.807) is 30.3 Å². The minimum Gasteiger partial charge on any atom is -0.406 e. The van der Waals surface area contributed by atoms with Crippen LogP contribution in [0.2, 0.25) is 0 Å². The van der Waals surface area contributed by atoms with Crippen molar-refractivity contribution < 1.29 is 49.0 Å². The average Bonchev–Trinajstić information content (AvgIpc) is 2.94. The van der Waals surface area contributed by atoms with Gasteiger partial charge >= 0.3 is 12.7 Å². The fourth-order valence-corrected chi connectivity index (χ4v) is 5.88. The summed E-state index contributed by atoms with van der Waals surface area (Å²) in [6.45, 7) is 0.768. The van der Waals surface area contributed by atoms with Gasteiger partial charge < -0.3 is 14.8 Å². The van der Waals surface area contributed by atoms with Gasteiger partial charge in [-0.2, -0.15) is 0 Å². The highest BCUT2D eigenvalue weighted by Crippen LogP contribution is 2.40. The number of sulfonamides is 1. The number of hydrogen-bond donors (Lipinski definition) is 2. The van der Waals surface area contributed by atoms with Crippen LogP contribution in [-0.2, 0) is 26.7 Å². The number of rotatable bonds is 11. The quantitative estimate of drug-likeness (QED) is 0.171. The van der Waals surface area contributed by atoms with Gasteiger partial charge in [-0.1, -0.05) is 54.6 Å². The Morgan fingerprint density at radius 3 is 1.69 bits per heavy atom. The molecule has 4 rings (SSSR count). The molecule has 0 spiro atoms. The lowest BCUT2D eigenvalue weighted by atomic mass is 9.70. The van der Waals surface area contributed by atoms with Gasteiger partial charge in [-0.15, -0.1) is 26.3 Å². The zero-order chi connectivity index (χ0) is 32.9. The van der Waals surface area contributed by atoms with Gasteiger partial charge in [0.1, 0.15) is 11.5 Å². The SMILES string of the molecule is CC(=O)Nc1ccc(S(=O)(=O)NCC(Cc2ccccc2)(c2cccc(OC(F)(F)F)c2)c2cccc(OC(F)(F)F)c2)cc1. The Balaban J connectivity index is 1.87. The van der Waals surface area contributed by atoms with Gasteiger partial charge in [0.25, 0.3) is 0 Å². The third-order valence-corrected chi connectivity index (χ3v) is 8.06. The van der Waals surface area contributed by atoms with E-state index in [-0.39, 0.29) is 28.4 Å². The third-order valence-electron chi connectivity index (χ3n) is 6.64. The van der Waals surface area contributed by atoms with Crippen LogP contribution < -0.4 is 19.5 Å². The smallest absolute Gasteiger partial charge is 0.406 e. The number of hydrogen-bond acceptors (Lipinski definition) is 5. The summed E-state index contributed by atoms with van der Waals surface area (Å²) < 4.78 is 117. The first-order chi connectivity index (χ1) is 21.0. The number of benzene rings is 4. The molecule has 0 fully saturated rings. The van der Waals surface area contributed by atoms with Crippen LogP contribution in [0, 0.1) is 0 Å². The van der Waals surface area contributed by atoms with Crippen molar-refractivity contribution in [3.8, 4) is 11.5 Å². The Morgan fingerprint density at radius 1 is 0.711 bits per heavy atom. The van der Waals surface area contributed by atoms with E-state index in [1.807, 2.05) is 0 Å². The maximum Gasteiger partial charge on any atom is 0.573 e. The molecule has 0 unspecified atom stereocenters.